The van der Waals surface area contributed by atoms with Gasteiger partial charge in [0, 0.05) is 16.6 Å². The molecule has 0 aliphatic rings. The molecule has 0 radical (unpaired) electrons. The van der Waals surface area contributed by atoms with E-state index in [1.54, 1.807) is 23.5 Å². The number of nitrogens with zero attached hydrogens (tertiary/aromatic N) is 2. The monoisotopic (exact) mass is 352 g/mol. The summed E-state index contributed by atoms with van der Waals surface area (Å²) in [5.41, 5.74) is 3.32. The van der Waals surface area contributed by atoms with Crippen LogP contribution in [0.1, 0.15) is 11.5 Å². The minimum absolute atomic E-state index is 0.274. The minimum atomic E-state index is -0.274. The predicted molar refractivity (Wildman–Crippen MR) is 80.4 cm³/mol. The number of hydrogen-bond donors (Lipinski definition) is 0. The van der Waals surface area contributed by atoms with E-state index in [1.165, 1.54) is 12.1 Å². The van der Waals surface area contributed by atoms with Crippen LogP contribution in [0.15, 0.2) is 34.2 Å². The van der Waals surface area contributed by atoms with Crippen molar-refractivity contribution in [1.29, 1.82) is 0 Å². The number of benzene rings is 1. The fourth-order valence-electron chi connectivity index (χ4n) is 1.91. The Kier molecular flexibility index (Phi) is 3.67. The lowest BCUT2D eigenvalue weighted by Crippen LogP contribution is -1.86. The van der Waals surface area contributed by atoms with Crippen molar-refractivity contribution in [2.45, 2.75) is 12.3 Å². The molecular weight excluding hydrogens is 343 g/mol. The van der Waals surface area contributed by atoms with E-state index in [0.29, 0.717) is 11.0 Å². The van der Waals surface area contributed by atoms with Crippen molar-refractivity contribution in [3.05, 3.63) is 46.9 Å². The maximum Gasteiger partial charge on any atom is 0.158 e. The highest BCUT2D eigenvalue weighted by molar-refractivity contribution is 9.08. The number of aromatic nitrogens is 2. The quantitative estimate of drug-likeness (QED) is 0.635. The van der Waals surface area contributed by atoms with Gasteiger partial charge < -0.3 is 4.52 Å². The lowest BCUT2D eigenvalue weighted by molar-refractivity contribution is 0.398. The summed E-state index contributed by atoms with van der Waals surface area (Å²) in [5.74, 6) is 0.447. The molecule has 0 atom stereocenters. The maximum atomic E-state index is 13.0. The molecule has 0 saturated carbocycles. The summed E-state index contributed by atoms with van der Waals surface area (Å²) in [4.78, 5) is 4.49. The molecule has 3 rings (SSSR count). The lowest BCUT2D eigenvalue weighted by atomic mass is 10.1. The first-order valence-electron chi connectivity index (χ1n) is 5.92. The summed E-state index contributed by atoms with van der Waals surface area (Å²) in [5, 5.41) is 7.50. The van der Waals surface area contributed by atoms with Gasteiger partial charge in [0.2, 0.25) is 0 Å². The third-order valence-corrected chi connectivity index (χ3v) is 4.32. The Labute approximate surface area is 127 Å². The van der Waals surface area contributed by atoms with Gasteiger partial charge in [-0.15, -0.1) is 11.3 Å². The van der Waals surface area contributed by atoms with Gasteiger partial charge in [0.15, 0.2) is 5.76 Å². The minimum Gasteiger partial charge on any atom is -0.359 e. The van der Waals surface area contributed by atoms with Crippen LogP contribution < -0.4 is 0 Å². The van der Waals surface area contributed by atoms with Crippen LogP contribution in [0.3, 0.4) is 0 Å². The number of hydrogen-bond acceptors (Lipinski definition) is 4. The zero-order chi connectivity index (χ0) is 14.1. The Hall–Kier alpha value is -1.53. The van der Waals surface area contributed by atoms with Gasteiger partial charge in [-0.05, 0) is 31.2 Å². The second-order valence-corrected chi connectivity index (χ2v) is 5.68. The summed E-state index contributed by atoms with van der Waals surface area (Å²) in [7, 11) is 0. The number of alkyl halides is 1. The van der Waals surface area contributed by atoms with Crippen LogP contribution >= 0.6 is 27.3 Å². The average molecular weight is 353 g/mol. The first-order chi connectivity index (χ1) is 9.69. The van der Waals surface area contributed by atoms with Crippen molar-refractivity contribution in [3.8, 4) is 21.8 Å². The fraction of sp³-hybridized carbons (Fsp3) is 0.143. The first-order valence-corrected chi connectivity index (χ1v) is 7.92. The van der Waals surface area contributed by atoms with Gasteiger partial charge in [0.05, 0.1) is 10.9 Å². The van der Waals surface area contributed by atoms with Crippen molar-refractivity contribution in [2.24, 2.45) is 0 Å². The number of aryl methyl sites for hydroxylation is 1. The number of rotatable bonds is 3. The first kappa shape index (κ1) is 13.5. The van der Waals surface area contributed by atoms with E-state index in [1.807, 2.05) is 12.3 Å². The van der Waals surface area contributed by atoms with Gasteiger partial charge in [-0.1, -0.05) is 21.1 Å². The third-order valence-electron chi connectivity index (χ3n) is 2.83. The highest BCUT2D eigenvalue weighted by atomic mass is 79.9. The van der Waals surface area contributed by atoms with E-state index < -0.39 is 0 Å². The maximum absolute atomic E-state index is 13.0. The molecule has 2 heterocycles. The molecule has 0 bridgehead atoms. The van der Waals surface area contributed by atoms with Gasteiger partial charge in [0.25, 0.3) is 0 Å². The molecule has 0 saturated heterocycles. The average Bonchev–Trinajstić information content (AvgIpc) is 3.05. The van der Waals surface area contributed by atoms with Crippen LogP contribution in [-0.4, -0.2) is 10.1 Å². The zero-order valence-corrected chi connectivity index (χ0v) is 13.0. The van der Waals surface area contributed by atoms with Crippen molar-refractivity contribution in [3.63, 3.8) is 0 Å². The molecule has 0 aliphatic carbocycles. The molecule has 3 aromatic rings. The SMILES string of the molecule is Cc1csc(-c2c(-c3ccc(F)cc3)noc2CBr)n1. The molecule has 0 fully saturated rings. The van der Waals surface area contributed by atoms with Gasteiger partial charge in [-0.2, -0.15) is 0 Å². The van der Waals surface area contributed by atoms with Crippen LogP contribution in [0.2, 0.25) is 0 Å². The highest BCUT2D eigenvalue weighted by Crippen LogP contribution is 2.37. The Morgan fingerprint density at radius 2 is 2.05 bits per heavy atom. The molecule has 0 amide bonds. The van der Waals surface area contributed by atoms with Gasteiger partial charge in [-0.3, -0.25) is 0 Å². The fourth-order valence-corrected chi connectivity index (χ4v) is 3.15. The van der Waals surface area contributed by atoms with Crippen molar-refractivity contribution < 1.29 is 8.91 Å². The second kappa shape index (κ2) is 5.46. The van der Waals surface area contributed by atoms with Crippen molar-refractivity contribution in [2.75, 3.05) is 0 Å². The Morgan fingerprint density at radius 1 is 1.30 bits per heavy atom. The lowest BCUT2D eigenvalue weighted by Gasteiger charge is -2.00. The standard InChI is InChI=1S/C14H10BrFN2OS/c1-8-7-20-14(17-8)12-11(6-15)19-18-13(12)9-2-4-10(16)5-3-9/h2-5,7H,6H2,1H3. The third kappa shape index (κ3) is 2.41. The molecule has 0 aliphatic heterocycles. The molecule has 6 heteroatoms. The van der Waals surface area contributed by atoms with Crippen LogP contribution in [0.5, 0.6) is 0 Å². The molecule has 102 valence electrons. The summed E-state index contributed by atoms with van der Waals surface area (Å²) in [6, 6.07) is 6.20. The Bertz CT molecular complexity index is 736. The largest absolute Gasteiger partial charge is 0.359 e. The number of thiazole rings is 1. The van der Waals surface area contributed by atoms with E-state index >= 15 is 0 Å². The summed E-state index contributed by atoms with van der Waals surface area (Å²) in [6.07, 6.45) is 0. The summed E-state index contributed by atoms with van der Waals surface area (Å²) < 4.78 is 18.4. The van der Waals surface area contributed by atoms with Crippen LogP contribution in [0.4, 0.5) is 4.39 Å². The molecule has 20 heavy (non-hydrogen) atoms. The molecular formula is C14H10BrFN2OS. The predicted octanol–water partition coefficient (Wildman–Crippen LogP) is 4.81. The molecule has 2 aromatic heterocycles. The topological polar surface area (TPSA) is 38.9 Å². The highest BCUT2D eigenvalue weighted by Gasteiger charge is 2.20. The molecule has 0 unspecified atom stereocenters. The van der Waals surface area contributed by atoms with Gasteiger partial charge in [0.1, 0.15) is 16.5 Å². The summed E-state index contributed by atoms with van der Waals surface area (Å²) >= 11 is 4.94. The smallest absolute Gasteiger partial charge is 0.158 e. The van der Waals surface area contributed by atoms with Gasteiger partial charge in [-0.25, -0.2) is 9.37 Å². The molecule has 0 spiro atoms. The van der Waals surface area contributed by atoms with Crippen LogP contribution in [0.25, 0.3) is 21.8 Å². The molecule has 3 nitrogen and oxygen atoms in total. The van der Waals surface area contributed by atoms with E-state index in [9.17, 15) is 4.39 Å². The molecule has 0 N–H and O–H groups in total. The van der Waals surface area contributed by atoms with E-state index in [4.69, 9.17) is 4.52 Å². The van der Waals surface area contributed by atoms with Crippen LogP contribution in [0, 0.1) is 12.7 Å². The van der Waals surface area contributed by atoms with Crippen LogP contribution in [-0.2, 0) is 5.33 Å². The Balaban J connectivity index is 2.17. The summed E-state index contributed by atoms with van der Waals surface area (Å²) in [6.45, 7) is 1.94. The van der Waals surface area contributed by atoms with E-state index in [2.05, 4.69) is 26.1 Å². The van der Waals surface area contributed by atoms with E-state index in [-0.39, 0.29) is 5.82 Å². The van der Waals surface area contributed by atoms with Crippen molar-refractivity contribution >= 4 is 27.3 Å². The molecule has 1 aromatic carbocycles. The number of halogens is 2. The zero-order valence-electron chi connectivity index (χ0n) is 10.6. The van der Waals surface area contributed by atoms with Crippen molar-refractivity contribution in [1.82, 2.24) is 10.1 Å². The normalized spacial score (nSPS) is 10.9. The second-order valence-electron chi connectivity index (χ2n) is 4.26. The van der Waals surface area contributed by atoms with Gasteiger partial charge >= 0.3 is 0 Å². The van der Waals surface area contributed by atoms with E-state index in [0.717, 1.165) is 27.6 Å². The Morgan fingerprint density at radius 3 is 2.65 bits per heavy atom.